The maximum Gasteiger partial charge on any atom is 0.399 e. The molecule has 1 heterocycles. The summed E-state index contributed by atoms with van der Waals surface area (Å²) in [6.45, 7) is 2.74. The maximum absolute atomic E-state index is 5.61. The molecule has 0 spiro atoms. The standard InChI is InChI=1S/C14H16N2O2/c1-10-4-2-3-5-13(10)18-14-16-12(9-17-14)8-15-11-6-7-11/h2-5,9,11,15H,6-8H2,1H3. The van der Waals surface area contributed by atoms with E-state index in [4.69, 9.17) is 9.15 Å². The van der Waals surface area contributed by atoms with Gasteiger partial charge in [-0.1, -0.05) is 18.2 Å². The minimum absolute atomic E-state index is 0.303. The first kappa shape index (κ1) is 11.3. The molecule has 1 aliphatic rings. The number of benzene rings is 1. The highest BCUT2D eigenvalue weighted by Crippen LogP contribution is 2.24. The Bertz CT molecular complexity index is 532. The molecule has 18 heavy (non-hydrogen) atoms. The normalized spacial score (nSPS) is 14.7. The third-order valence-electron chi connectivity index (χ3n) is 2.97. The van der Waals surface area contributed by atoms with Crippen molar-refractivity contribution in [1.29, 1.82) is 0 Å². The van der Waals surface area contributed by atoms with Gasteiger partial charge in [-0.25, -0.2) is 0 Å². The Kier molecular flexibility index (Phi) is 3.02. The first-order valence-corrected chi connectivity index (χ1v) is 6.22. The lowest BCUT2D eigenvalue weighted by Gasteiger charge is -2.03. The van der Waals surface area contributed by atoms with E-state index in [2.05, 4.69) is 10.3 Å². The number of hydrogen-bond acceptors (Lipinski definition) is 4. The number of hydrogen-bond donors (Lipinski definition) is 1. The van der Waals surface area contributed by atoms with Gasteiger partial charge in [-0.15, -0.1) is 0 Å². The van der Waals surface area contributed by atoms with Crippen molar-refractivity contribution in [3.05, 3.63) is 41.8 Å². The fourth-order valence-corrected chi connectivity index (χ4v) is 1.72. The Hall–Kier alpha value is -1.81. The topological polar surface area (TPSA) is 47.3 Å². The predicted octanol–water partition coefficient (Wildman–Crippen LogP) is 3.03. The van der Waals surface area contributed by atoms with Crippen LogP contribution in [0.3, 0.4) is 0 Å². The number of nitrogens with zero attached hydrogens (tertiary/aromatic N) is 1. The third kappa shape index (κ3) is 2.71. The van der Waals surface area contributed by atoms with Crippen LogP contribution < -0.4 is 10.1 Å². The van der Waals surface area contributed by atoms with Gasteiger partial charge in [0, 0.05) is 12.6 Å². The quantitative estimate of drug-likeness (QED) is 0.878. The van der Waals surface area contributed by atoms with Gasteiger partial charge in [0.15, 0.2) is 0 Å². The fraction of sp³-hybridized carbons (Fsp3) is 0.357. The van der Waals surface area contributed by atoms with Gasteiger partial charge < -0.3 is 14.5 Å². The third-order valence-corrected chi connectivity index (χ3v) is 2.97. The number of oxazole rings is 1. The van der Waals surface area contributed by atoms with Crippen molar-refractivity contribution in [3.63, 3.8) is 0 Å². The van der Waals surface area contributed by atoms with Crippen molar-refractivity contribution in [3.8, 4) is 11.8 Å². The molecule has 1 aromatic heterocycles. The highest BCUT2D eigenvalue weighted by Gasteiger charge is 2.20. The molecule has 1 aliphatic carbocycles. The summed E-state index contributed by atoms with van der Waals surface area (Å²) in [4.78, 5) is 4.29. The molecule has 1 saturated carbocycles. The van der Waals surface area contributed by atoms with Crippen LogP contribution >= 0.6 is 0 Å². The van der Waals surface area contributed by atoms with Crippen LogP contribution in [0, 0.1) is 6.92 Å². The Labute approximate surface area is 106 Å². The van der Waals surface area contributed by atoms with Crippen molar-refractivity contribution >= 4 is 0 Å². The highest BCUT2D eigenvalue weighted by atomic mass is 16.6. The molecule has 0 aliphatic heterocycles. The van der Waals surface area contributed by atoms with E-state index in [9.17, 15) is 0 Å². The number of nitrogens with one attached hydrogen (secondary N) is 1. The summed E-state index contributed by atoms with van der Waals surface area (Å²) in [5.41, 5.74) is 1.94. The Morgan fingerprint density at radius 3 is 3.00 bits per heavy atom. The molecule has 4 nitrogen and oxygen atoms in total. The molecule has 0 unspecified atom stereocenters. The maximum atomic E-state index is 5.61. The van der Waals surface area contributed by atoms with E-state index in [1.54, 1.807) is 6.26 Å². The van der Waals surface area contributed by atoms with Crippen molar-refractivity contribution in [2.24, 2.45) is 0 Å². The number of para-hydroxylation sites is 1. The van der Waals surface area contributed by atoms with Gasteiger partial charge in [0.2, 0.25) is 0 Å². The number of rotatable bonds is 5. The summed E-state index contributed by atoms with van der Waals surface area (Å²) >= 11 is 0. The first-order chi connectivity index (χ1) is 8.81. The van der Waals surface area contributed by atoms with Crippen molar-refractivity contribution < 1.29 is 9.15 Å². The molecule has 0 atom stereocenters. The van der Waals surface area contributed by atoms with Crippen LogP contribution in [-0.4, -0.2) is 11.0 Å². The van der Waals surface area contributed by atoms with E-state index in [0.29, 0.717) is 12.1 Å². The smallest absolute Gasteiger partial charge is 0.399 e. The average molecular weight is 244 g/mol. The Morgan fingerprint density at radius 2 is 2.22 bits per heavy atom. The molecular weight excluding hydrogens is 228 g/mol. The lowest BCUT2D eigenvalue weighted by Crippen LogP contribution is -2.15. The van der Waals surface area contributed by atoms with Crippen LogP contribution in [0.1, 0.15) is 24.1 Å². The predicted molar refractivity (Wildman–Crippen MR) is 67.6 cm³/mol. The second-order valence-corrected chi connectivity index (χ2v) is 4.63. The monoisotopic (exact) mass is 244 g/mol. The molecule has 1 N–H and O–H groups in total. The first-order valence-electron chi connectivity index (χ1n) is 6.22. The van der Waals surface area contributed by atoms with E-state index in [0.717, 1.165) is 23.6 Å². The molecule has 0 bridgehead atoms. The molecule has 4 heteroatoms. The van der Waals surface area contributed by atoms with Crippen LogP contribution in [-0.2, 0) is 6.54 Å². The molecule has 0 radical (unpaired) electrons. The lowest BCUT2D eigenvalue weighted by atomic mass is 10.2. The summed E-state index contributed by atoms with van der Waals surface area (Å²) < 4.78 is 10.9. The minimum atomic E-state index is 0.303. The molecular formula is C14H16N2O2. The number of aryl methyl sites for hydroxylation is 1. The van der Waals surface area contributed by atoms with Crippen molar-refractivity contribution in [2.75, 3.05) is 0 Å². The summed E-state index contributed by atoms with van der Waals surface area (Å²) in [5.74, 6) is 0.779. The second-order valence-electron chi connectivity index (χ2n) is 4.63. The van der Waals surface area contributed by atoms with Gasteiger partial charge in [0.25, 0.3) is 0 Å². The lowest BCUT2D eigenvalue weighted by molar-refractivity contribution is 0.329. The van der Waals surface area contributed by atoms with Crippen LogP contribution in [0.2, 0.25) is 0 Å². The second kappa shape index (κ2) is 4.82. The van der Waals surface area contributed by atoms with Crippen LogP contribution in [0.25, 0.3) is 0 Å². The molecule has 2 aromatic rings. The summed E-state index contributed by atoms with van der Waals surface area (Å²) in [7, 11) is 0. The minimum Gasteiger partial charge on any atom is -0.417 e. The Morgan fingerprint density at radius 1 is 1.39 bits per heavy atom. The van der Waals surface area contributed by atoms with Gasteiger partial charge in [0.05, 0.1) is 5.69 Å². The van der Waals surface area contributed by atoms with E-state index in [-0.39, 0.29) is 0 Å². The zero-order valence-electron chi connectivity index (χ0n) is 10.3. The summed E-state index contributed by atoms with van der Waals surface area (Å²) in [6.07, 6.45) is 4.48. The molecule has 3 rings (SSSR count). The van der Waals surface area contributed by atoms with Crippen LogP contribution in [0.15, 0.2) is 34.9 Å². The van der Waals surface area contributed by atoms with Crippen molar-refractivity contribution in [2.45, 2.75) is 32.4 Å². The SMILES string of the molecule is Cc1ccccc1Oc1nc(CNC2CC2)co1. The van der Waals surface area contributed by atoms with E-state index >= 15 is 0 Å². The van der Waals surface area contributed by atoms with Crippen molar-refractivity contribution in [1.82, 2.24) is 10.3 Å². The average Bonchev–Trinajstić information content (AvgIpc) is 3.10. The van der Waals surface area contributed by atoms with Crippen LogP contribution in [0.5, 0.6) is 11.8 Å². The zero-order valence-corrected chi connectivity index (χ0v) is 10.3. The largest absolute Gasteiger partial charge is 0.417 e. The van der Waals surface area contributed by atoms with Gasteiger partial charge in [-0.05, 0) is 31.4 Å². The molecule has 0 amide bonds. The summed E-state index contributed by atoms with van der Waals surface area (Å²) in [5, 5.41) is 3.38. The van der Waals surface area contributed by atoms with E-state index < -0.39 is 0 Å². The molecule has 1 aromatic carbocycles. The zero-order chi connectivity index (χ0) is 12.4. The van der Waals surface area contributed by atoms with Gasteiger partial charge >= 0.3 is 6.08 Å². The Balaban J connectivity index is 1.63. The summed E-state index contributed by atoms with van der Waals surface area (Å²) in [6, 6.07) is 8.47. The fourth-order valence-electron chi connectivity index (χ4n) is 1.72. The molecule has 94 valence electrons. The van der Waals surface area contributed by atoms with E-state index in [1.807, 2.05) is 31.2 Å². The highest BCUT2D eigenvalue weighted by molar-refractivity contribution is 5.33. The van der Waals surface area contributed by atoms with Gasteiger partial charge in [-0.2, -0.15) is 4.98 Å². The molecule has 0 saturated heterocycles. The number of ether oxygens (including phenoxy) is 1. The van der Waals surface area contributed by atoms with Gasteiger partial charge in [0.1, 0.15) is 12.0 Å². The van der Waals surface area contributed by atoms with Crippen LogP contribution in [0.4, 0.5) is 0 Å². The van der Waals surface area contributed by atoms with E-state index in [1.165, 1.54) is 12.8 Å². The number of aromatic nitrogens is 1. The van der Waals surface area contributed by atoms with Gasteiger partial charge in [-0.3, -0.25) is 0 Å². The molecule has 1 fully saturated rings.